The minimum absolute atomic E-state index is 0.181. The van der Waals surface area contributed by atoms with Crippen molar-refractivity contribution in [1.29, 1.82) is 0 Å². The second-order valence-electron chi connectivity index (χ2n) is 10.3. The van der Waals surface area contributed by atoms with E-state index in [0.29, 0.717) is 22.8 Å². The number of cyclic esters (lactones) is 1. The minimum Gasteiger partial charge on any atom is -0.458 e. The number of benzene rings is 3. The van der Waals surface area contributed by atoms with Crippen LogP contribution in [0.25, 0.3) is 38.8 Å². The summed E-state index contributed by atoms with van der Waals surface area (Å²) in [5, 5.41) is 15.0. The van der Waals surface area contributed by atoms with Crippen molar-refractivity contribution >= 4 is 39.0 Å². The summed E-state index contributed by atoms with van der Waals surface area (Å²) in [7, 11) is 0. The van der Waals surface area contributed by atoms with Crippen LogP contribution in [0.1, 0.15) is 47.8 Å². The highest BCUT2D eigenvalue weighted by atomic mass is 16.5. The zero-order chi connectivity index (χ0) is 30.4. The number of hydrogen-bond acceptors (Lipinski definition) is 9. The molecule has 5 aromatic rings. The van der Waals surface area contributed by atoms with Crippen LogP contribution < -0.4 is 22.9 Å². The normalized spacial score (nSPS) is 15.3. The Labute approximate surface area is 247 Å². The monoisotopic (exact) mass is 576 g/mol. The molecule has 43 heavy (non-hydrogen) atoms. The number of aromatic nitrogens is 2. The minimum atomic E-state index is -1.52. The summed E-state index contributed by atoms with van der Waals surface area (Å²) in [5.41, 5.74) is 17.9. The first-order valence-electron chi connectivity index (χ1n) is 14.1. The van der Waals surface area contributed by atoms with Gasteiger partial charge in [-0.25, -0.2) is 15.6 Å². The number of pyridine rings is 2. The molecule has 218 valence electrons. The SMILES string of the molecule is CC.N/C(=C\N(N)Cc1c2c(nc3ccc4ccccc4c13)-c1cc3c(c(=O)n1C2)COC(=O)C3O)c1ccc(N)cc1. The van der Waals surface area contributed by atoms with Gasteiger partial charge in [-0.05, 0) is 46.2 Å². The Morgan fingerprint density at radius 3 is 2.60 bits per heavy atom. The Bertz CT molecular complexity index is 2000. The third-order valence-electron chi connectivity index (χ3n) is 7.85. The molecule has 1 atom stereocenters. The van der Waals surface area contributed by atoms with Gasteiger partial charge >= 0.3 is 5.97 Å². The molecule has 0 spiro atoms. The van der Waals surface area contributed by atoms with Crippen LogP contribution in [0.5, 0.6) is 0 Å². The van der Waals surface area contributed by atoms with Crippen LogP contribution in [0.15, 0.2) is 77.7 Å². The molecular formula is C33H32N6O4. The number of aliphatic hydroxyl groups excluding tert-OH is 1. The van der Waals surface area contributed by atoms with Gasteiger partial charge in [-0.3, -0.25) is 4.79 Å². The smallest absolute Gasteiger partial charge is 0.340 e. The highest BCUT2D eigenvalue weighted by molar-refractivity contribution is 6.09. The lowest BCUT2D eigenvalue weighted by molar-refractivity contribution is -0.157. The van der Waals surface area contributed by atoms with Crippen molar-refractivity contribution < 1.29 is 14.6 Å². The first-order chi connectivity index (χ1) is 20.8. The van der Waals surface area contributed by atoms with Crippen LogP contribution in [0, 0.1) is 0 Å². The Morgan fingerprint density at radius 1 is 1.09 bits per heavy atom. The van der Waals surface area contributed by atoms with Crippen LogP contribution in [-0.4, -0.2) is 25.6 Å². The molecule has 4 heterocycles. The Balaban J connectivity index is 0.00000161. The number of anilines is 1. The number of nitrogen functional groups attached to an aromatic ring is 1. The number of fused-ring (bicyclic) bond motifs is 7. The molecule has 0 bridgehead atoms. The summed E-state index contributed by atoms with van der Waals surface area (Å²) in [5.74, 6) is 5.77. The number of carbonyl (C=O) groups is 1. The largest absolute Gasteiger partial charge is 0.458 e. The summed E-state index contributed by atoms with van der Waals surface area (Å²) in [6.07, 6.45) is 0.146. The average molecular weight is 577 g/mol. The molecule has 2 aromatic heterocycles. The molecule has 0 saturated heterocycles. The predicted molar refractivity (Wildman–Crippen MR) is 167 cm³/mol. The second-order valence-corrected chi connectivity index (χ2v) is 10.3. The molecule has 7 rings (SSSR count). The van der Waals surface area contributed by atoms with Crippen LogP contribution in [0.4, 0.5) is 5.69 Å². The van der Waals surface area contributed by atoms with Crippen LogP contribution in [0.3, 0.4) is 0 Å². The van der Waals surface area contributed by atoms with Gasteiger partial charge < -0.3 is 30.9 Å². The topological polar surface area (TPSA) is 163 Å². The number of nitrogens with zero attached hydrogens (tertiary/aromatic N) is 3. The van der Waals surface area contributed by atoms with E-state index in [4.69, 9.17) is 27.0 Å². The summed E-state index contributed by atoms with van der Waals surface area (Å²) < 4.78 is 6.65. The number of esters is 1. The quantitative estimate of drug-likeness (QED) is 0.0801. The summed E-state index contributed by atoms with van der Waals surface area (Å²) in [6.45, 7) is 4.35. The molecule has 0 aliphatic carbocycles. The molecule has 3 aromatic carbocycles. The van der Waals surface area contributed by atoms with E-state index < -0.39 is 12.1 Å². The number of carbonyl (C=O) groups excluding carboxylic acids is 1. The Kier molecular flexibility index (Phi) is 7.09. The molecule has 0 radical (unpaired) electrons. The van der Waals surface area contributed by atoms with Gasteiger partial charge in [0.15, 0.2) is 6.10 Å². The predicted octanol–water partition coefficient (Wildman–Crippen LogP) is 3.91. The number of ether oxygens (including phenoxy) is 1. The number of nitrogens with two attached hydrogens (primary N) is 3. The van der Waals surface area contributed by atoms with Gasteiger partial charge in [0.25, 0.3) is 5.56 Å². The highest BCUT2D eigenvalue weighted by Crippen LogP contribution is 2.40. The fourth-order valence-corrected chi connectivity index (χ4v) is 5.82. The maximum Gasteiger partial charge on any atom is 0.340 e. The van der Waals surface area contributed by atoms with E-state index in [2.05, 4.69) is 0 Å². The third-order valence-corrected chi connectivity index (χ3v) is 7.85. The van der Waals surface area contributed by atoms with E-state index in [-0.39, 0.29) is 36.4 Å². The van der Waals surface area contributed by atoms with Crippen LogP contribution >= 0.6 is 0 Å². The Hall–Kier alpha value is -5.19. The maximum absolute atomic E-state index is 13.6. The molecule has 1 unspecified atom stereocenters. The lowest BCUT2D eigenvalue weighted by atomic mass is 9.95. The first-order valence-corrected chi connectivity index (χ1v) is 14.1. The van der Waals surface area contributed by atoms with E-state index in [9.17, 15) is 14.7 Å². The van der Waals surface area contributed by atoms with Gasteiger partial charge in [-0.1, -0.05) is 56.3 Å². The Morgan fingerprint density at radius 2 is 1.84 bits per heavy atom. The van der Waals surface area contributed by atoms with E-state index in [1.165, 1.54) is 5.01 Å². The van der Waals surface area contributed by atoms with Crippen molar-refractivity contribution in [1.82, 2.24) is 14.6 Å². The number of aliphatic hydroxyl groups is 1. The highest BCUT2D eigenvalue weighted by Gasteiger charge is 2.35. The van der Waals surface area contributed by atoms with Crippen LogP contribution in [0.2, 0.25) is 0 Å². The molecule has 2 aliphatic heterocycles. The van der Waals surface area contributed by atoms with Crippen molar-refractivity contribution in [2.75, 3.05) is 5.73 Å². The molecule has 7 N–H and O–H groups in total. The second kappa shape index (κ2) is 10.9. The van der Waals surface area contributed by atoms with Gasteiger partial charge in [-0.2, -0.15) is 0 Å². The lowest BCUT2D eigenvalue weighted by Gasteiger charge is -2.21. The zero-order valence-corrected chi connectivity index (χ0v) is 23.9. The van der Waals surface area contributed by atoms with E-state index >= 15 is 0 Å². The molecule has 0 amide bonds. The van der Waals surface area contributed by atoms with Crippen LogP contribution in [-0.2, 0) is 29.2 Å². The molecule has 0 fully saturated rings. The zero-order valence-electron chi connectivity index (χ0n) is 23.9. The van der Waals surface area contributed by atoms with Gasteiger partial charge in [0.2, 0.25) is 0 Å². The maximum atomic E-state index is 13.6. The number of hydrazine groups is 1. The van der Waals surface area contributed by atoms with Gasteiger partial charge in [0.05, 0.1) is 41.3 Å². The van der Waals surface area contributed by atoms with Crippen molar-refractivity contribution in [2.24, 2.45) is 11.6 Å². The van der Waals surface area contributed by atoms with Gasteiger partial charge in [0, 0.05) is 28.4 Å². The fraction of sp³-hybridized carbons (Fsp3) is 0.182. The molecule has 2 aliphatic rings. The first kappa shape index (κ1) is 28.0. The number of hydrogen-bond donors (Lipinski definition) is 4. The number of rotatable bonds is 4. The van der Waals surface area contributed by atoms with Crippen molar-refractivity contribution in [2.45, 2.75) is 39.6 Å². The van der Waals surface area contributed by atoms with E-state index in [1.54, 1.807) is 29.0 Å². The van der Waals surface area contributed by atoms with E-state index in [0.717, 1.165) is 38.4 Å². The summed E-state index contributed by atoms with van der Waals surface area (Å²) in [6, 6.07) is 20.9. The lowest BCUT2D eigenvalue weighted by Crippen LogP contribution is -2.32. The van der Waals surface area contributed by atoms with Gasteiger partial charge in [-0.15, -0.1) is 0 Å². The van der Waals surface area contributed by atoms with Crippen molar-refractivity contribution in [3.8, 4) is 11.4 Å². The van der Waals surface area contributed by atoms with Gasteiger partial charge in [0.1, 0.15) is 6.61 Å². The molecular weight excluding hydrogens is 544 g/mol. The standard InChI is InChI=1S/C31H26N6O4.C2H6/c32-18-8-5-17(6-9-18)24(33)14-36(34)12-21-22-13-37-26(11-20-23(30(37)39)15-41-31(40)29(20)38)28(22)35-25-10-7-16-3-1-2-4-19(16)27(21)25;1-2/h1-11,14,29,38H,12-13,15,32-34H2;1-2H3/b24-14-;. The average Bonchev–Trinajstić information content (AvgIpc) is 3.39. The van der Waals surface area contributed by atoms with Crippen molar-refractivity contribution in [3.05, 3.63) is 111 Å². The fourth-order valence-electron chi connectivity index (χ4n) is 5.82. The van der Waals surface area contributed by atoms with Crippen molar-refractivity contribution in [3.63, 3.8) is 0 Å². The molecule has 0 saturated carbocycles. The molecule has 10 nitrogen and oxygen atoms in total. The summed E-state index contributed by atoms with van der Waals surface area (Å²) >= 11 is 0. The molecule has 10 heteroatoms. The van der Waals surface area contributed by atoms with E-state index in [1.807, 2.05) is 62.4 Å². The summed E-state index contributed by atoms with van der Waals surface area (Å²) in [4.78, 5) is 30.6. The third kappa shape index (κ3) is 4.66.